The van der Waals surface area contributed by atoms with Gasteiger partial charge in [-0.25, -0.2) is 0 Å². The molecule has 0 fully saturated rings. The van der Waals surface area contributed by atoms with E-state index in [4.69, 9.17) is 0 Å². The van der Waals surface area contributed by atoms with Gasteiger partial charge in [-0.2, -0.15) is 0 Å². The van der Waals surface area contributed by atoms with Crippen LogP contribution < -0.4 is 5.32 Å². The van der Waals surface area contributed by atoms with Crippen LogP contribution in [0.25, 0.3) is 0 Å². The van der Waals surface area contributed by atoms with Gasteiger partial charge in [-0.15, -0.1) is 0 Å². The van der Waals surface area contributed by atoms with Gasteiger partial charge in [-0.05, 0) is 29.7 Å². The van der Waals surface area contributed by atoms with Crippen LogP contribution in [-0.2, 0) is 13.1 Å². The molecule has 1 nitrogen and oxygen atoms in total. The normalized spacial score (nSPS) is 10.5. The summed E-state index contributed by atoms with van der Waals surface area (Å²) in [6, 6.07) is 16.8. The van der Waals surface area contributed by atoms with E-state index in [-0.39, 0.29) is 0 Å². The summed E-state index contributed by atoms with van der Waals surface area (Å²) in [6.07, 6.45) is 0. The lowest BCUT2D eigenvalue weighted by Gasteiger charge is -2.09. The Morgan fingerprint density at radius 3 is 2.47 bits per heavy atom. The third-order valence-corrected chi connectivity index (χ3v) is 3.73. The molecule has 2 aromatic carbocycles. The number of hydrogen-bond acceptors (Lipinski definition) is 1. The Hall–Kier alpha value is -1.12. The SMILES string of the molecule is Cc1c(Br)cccc1CNCc1ccccc1. The minimum atomic E-state index is 0.903. The van der Waals surface area contributed by atoms with E-state index in [0.717, 1.165) is 13.1 Å². The molecule has 0 bridgehead atoms. The van der Waals surface area contributed by atoms with Crippen molar-refractivity contribution in [2.24, 2.45) is 0 Å². The second kappa shape index (κ2) is 5.99. The van der Waals surface area contributed by atoms with Crippen molar-refractivity contribution in [2.45, 2.75) is 20.0 Å². The van der Waals surface area contributed by atoms with E-state index >= 15 is 0 Å². The summed E-state index contributed by atoms with van der Waals surface area (Å²) in [5.74, 6) is 0. The topological polar surface area (TPSA) is 12.0 Å². The molecule has 0 radical (unpaired) electrons. The molecule has 2 aromatic rings. The fourth-order valence-corrected chi connectivity index (χ4v) is 2.19. The van der Waals surface area contributed by atoms with Crippen molar-refractivity contribution in [3.05, 3.63) is 69.7 Å². The van der Waals surface area contributed by atoms with Gasteiger partial charge >= 0.3 is 0 Å². The summed E-state index contributed by atoms with van der Waals surface area (Å²) in [6.45, 7) is 3.95. The Balaban J connectivity index is 1.93. The van der Waals surface area contributed by atoms with Crippen molar-refractivity contribution in [1.82, 2.24) is 5.32 Å². The van der Waals surface area contributed by atoms with E-state index in [1.54, 1.807) is 0 Å². The average Bonchev–Trinajstić information content (AvgIpc) is 2.36. The van der Waals surface area contributed by atoms with Crippen molar-refractivity contribution < 1.29 is 0 Å². The first-order valence-corrected chi connectivity index (χ1v) is 6.55. The highest BCUT2D eigenvalue weighted by Gasteiger charge is 2.00. The van der Waals surface area contributed by atoms with E-state index in [1.807, 2.05) is 6.07 Å². The van der Waals surface area contributed by atoms with Crippen molar-refractivity contribution in [2.75, 3.05) is 0 Å². The van der Waals surface area contributed by atoms with Gasteiger partial charge in [-0.3, -0.25) is 0 Å². The van der Waals surface area contributed by atoms with Gasteiger partial charge in [0.05, 0.1) is 0 Å². The molecule has 2 rings (SSSR count). The molecule has 0 saturated heterocycles. The largest absolute Gasteiger partial charge is 0.309 e. The van der Waals surface area contributed by atoms with Gasteiger partial charge in [0.1, 0.15) is 0 Å². The summed E-state index contributed by atoms with van der Waals surface area (Å²) in [5, 5.41) is 3.47. The van der Waals surface area contributed by atoms with Gasteiger partial charge in [0.2, 0.25) is 0 Å². The third kappa shape index (κ3) is 3.42. The predicted octanol–water partition coefficient (Wildman–Crippen LogP) is 4.05. The summed E-state index contributed by atoms with van der Waals surface area (Å²) in [5.41, 5.74) is 3.98. The molecule has 0 aliphatic rings. The van der Waals surface area contributed by atoms with Crippen LogP contribution in [0.15, 0.2) is 53.0 Å². The van der Waals surface area contributed by atoms with E-state index in [2.05, 4.69) is 70.6 Å². The van der Waals surface area contributed by atoms with Crippen molar-refractivity contribution in [3.63, 3.8) is 0 Å². The fraction of sp³-hybridized carbons (Fsp3) is 0.200. The zero-order valence-electron chi connectivity index (χ0n) is 9.91. The second-order valence-corrected chi connectivity index (χ2v) is 4.97. The van der Waals surface area contributed by atoms with Crippen LogP contribution in [0.5, 0.6) is 0 Å². The van der Waals surface area contributed by atoms with Gasteiger partial charge in [0.25, 0.3) is 0 Å². The van der Waals surface area contributed by atoms with E-state index < -0.39 is 0 Å². The molecule has 0 spiro atoms. The highest BCUT2D eigenvalue weighted by molar-refractivity contribution is 9.10. The highest BCUT2D eigenvalue weighted by Crippen LogP contribution is 2.19. The lowest BCUT2D eigenvalue weighted by molar-refractivity contribution is 0.690. The Morgan fingerprint density at radius 2 is 1.71 bits per heavy atom. The van der Waals surface area contributed by atoms with Gasteiger partial charge in [-0.1, -0.05) is 58.4 Å². The first-order valence-electron chi connectivity index (χ1n) is 5.76. The fourth-order valence-electron chi connectivity index (χ4n) is 1.78. The maximum Gasteiger partial charge on any atom is 0.0211 e. The van der Waals surface area contributed by atoms with Crippen molar-refractivity contribution >= 4 is 15.9 Å². The molecule has 0 heterocycles. The van der Waals surface area contributed by atoms with Gasteiger partial charge in [0, 0.05) is 17.6 Å². The Bertz CT molecular complexity index is 480. The number of hydrogen-bond donors (Lipinski definition) is 1. The van der Waals surface area contributed by atoms with Crippen LogP contribution >= 0.6 is 15.9 Å². The summed E-state index contributed by atoms with van der Waals surface area (Å²) in [4.78, 5) is 0. The molecular formula is C15H16BrN. The highest BCUT2D eigenvalue weighted by atomic mass is 79.9. The Kier molecular flexibility index (Phi) is 4.35. The van der Waals surface area contributed by atoms with E-state index in [0.29, 0.717) is 0 Å². The Labute approximate surface area is 111 Å². The molecule has 17 heavy (non-hydrogen) atoms. The first kappa shape index (κ1) is 12.3. The Morgan fingerprint density at radius 1 is 0.941 bits per heavy atom. The summed E-state index contributed by atoms with van der Waals surface area (Å²) < 4.78 is 1.18. The molecule has 0 unspecified atom stereocenters. The lowest BCUT2D eigenvalue weighted by Crippen LogP contribution is -2.13. The van der Waals surface area contributed by atoms with Crippen LogP contribution in [0.1, 0.15) is 16.7 Å². The van der Waals surface area contributed by atoms with Crippen molar-refractivity contribution in [1.29, 1.82) is 0 Å². The van der Waals surface area contributed by atoms with Gasteiger partial charge < -0.3 is 5.32 Å². The lowest BCUT2D eigenvalue weighted by atomic mass is 10.1. The predicted molar refractivity (Wildman–Crippen MR) is 75.9 cm³/mol. The van der Waals surface area contributed by atoms with E-state index in [1.165, 1.54) is 21.2 Å². The molecule has 0 aromatic heterocycles. The van der Waals surface area contributed by atoms with Crippen LogP contribution in [0.2, 0.25) is 0 Å². The molecule has 2 heteroatoms. The smallest absolute Gasteiger partial charge is 0.0211 e. The van der Waals surface area contributed by atoms with E-state index in [9.17, 15) is 0 Å². The minimum Gasteiger partial charge on any atom is -0.309 e. The first-order chi connectivity index (χ1) is 8.27. The maximum atomic E-state index is 3.56. The molecule has 88 valence electrons. The summed E-state index contributed by atoms with van der Waals surface area (Å²) in [7, 11) is 0. The monoisotopic (exact) mass is 289 g/mol. The summed E-state index contributed by atoms with van der Waals surface area (Å²) >= 11 is 3.56. The van der Waals surface area contributed by atoms with Crippen LogP contribution in [0.4, 0.5) is 0 Å². The maximum absolute atomic E-state index is 3.56. The third-order valence-electron chi connectivity index (χ3n) is 2.87. The molecule has 0 aliphatic heterocycles. The van der Waals surface area contributed by atoms with Gasteiger partial charge in [0.15, 0.2) is 0 Å². The molecule has 0 saturated carbocycles. The van der Waals surface area contributed by atoms with Crippen molar-refractivity contribution in [3.8, 4) is 0 Å². The second-order valence-electron chi connectivity index (χ2n) is 4.11. The molecule has 0 atom stereocenters. The quantitative estimate of drug-likeness (QED) is 0.896. The van der Waals surface area contributed by atoms with Crippen LogP contribution in [-0.4, -0.2) is 0 Å². The molecule has 0 aliphatic carbocycles. The number of rotatable bonds is 4. The number of halogens is 1. The standard InChI is InChI=1S/C15H16BrN/c1-12-14(8-5-9-15(12)16)11-17-10-13-6-3-2-4-7-13/h2-9,17H,10-11H2,1H3. The number of benzene rings is 2. The molecular weight excluding hydrogens is 274 g/mol. The minimum absolute atomic E-state index is 0.903. The van der Waals surface area contributed by atoms with Crippen LogP contribution in [0.3, 0.4) is 0 Å². The van der Waals surface area contributed by atoms with Crippen LogP contribution in [0, 0.1) is 6.92 Å². The zero-order chi connectivity index (χ0) is 12.1. The average molecular weight is 290 g/mol. The molecule has 1 N–H and O–H groups in total. The number of nitrogens with one attached hydrogen (secondary N) is 1. The molecule has 0 amide bonds. The zero-order valence-corrected chi connectivity index (χ0v) is 11.5.